The Bertz CT molecular complexity index is 826. The van der Waals surface area contributed by atoms with E-state index in [1.54, 1.807) is 43.4 Å². The van der Waals surface area contributed by atoms with E-state index < -0.39 is 0 Å². The molecule has 2 aromatic carbocycles. The van der Waals surface area contributed by atoms with Gasteiger partial charge in [-0.3, -0.25) is 4.79 Å². The minimum Gasteiger partial charge on any atom is -0.497 e. The summed E-state index contributed by atoms with van der Waals surface area (Å²) in [6.45, 7) is 1.26. The van der Waals surface area contributed by atoms with Crippen molar-refractivity contribution in [2.45, 2.75) is 12.3 Å². The summed E-state index contributed by atoms with van der Waals surface area (Å²) in [6, 6.07) is 14.8. The van der Waals surface area contributed by atoms with Gasteiger partial charge in [0.2, 0.25) is 0 Å². The molecular formula is C20H20N2O3. The van der Waals surface area contributed by atoms with Gasteiger partial charge < -0.3 is 14.4 Å². The zero-order valence-electron chi connectivity index (χ0n) is 14.4. The Balaban J connectivity index is 1.82. The molecule has 1 aliphatic heterocycles. The van der Waals surface area contributed by atoms with Crippen LogP contribution in [0.15, 0.2) is 42.5 Å². The van der Waals surface area contributed by atoms with Crippen LogP contribution in [0.3, 0.4) is 0 Å². The number of nitrogens with zero attached hydrogens (tertiary/aromatic N) is 2. The van der Waals surface area contributed by atoms with E-state index in [2.05, 4.69) is 6.07 Å². The van der Waals surface area contributed by atoms with Gasteiger partial charge in [0.25, 0.3) is 5.91 Å². The van der Waals surface area contributed by atoms with Gasteiger partial charge in [0.15, 0.2) is 0 Å². The van der Waals surface area contributed by atoms with Crippen LogP contribution >= 0.6 is 0 Å². The second-order valence-electron chi connectivity index (χ2n) is 6.00. The van der Waals surface area contributed by atoms with Crippen molar-refractivity contribution in [2.24, 2.45) is 0 Å². The lowest BCUT2D eigenvalue weighted by Gasteiger charge is -2.19. The number of rotatable bonds is 4. The summed E-state index contributed by atoms with van der Waals surface area (Å²) in [7, 11) is 3.28. The van der Waals surface area contributed by atoms with Crippen LogP contribution in [-0.4, -0.2) is 38.1 Å². The molecule has 25 heavy (non-hydrogen) atoms. The minimum atomic E-state index is -0.0958. The molecule has 0 N–H and O–H groups in total. The lowest BCUT2D eigenvalue weighted by molar-refractivity contribution is 0.0790. The van der Waals surface area contributed by atoms with Gasteiger partial charge in [-0.05, 0) is 36.8 Å². The maximum absolute atomic E-state index is 12.8. The minimum absolute atomic E-state index is 0.0958. The molecule has 1 fully saturated rings. The lowest BCUT2D eigenvalue weighted by Crippen LogP contribution is -2.29. The fourth-order valence-electron chi connectivity index (χ4n) is 3.29. The van der Waals surface area contributed by atoms with Crippen LogP contribution < -0.4 is 9.47 Å². The molecule has 2 aromatic rings. The highest BCUT2D eigenvalue weighted by molar-refractivity contribution is 5.96. The quantitative estimate of drug-likeness (QED) is 0.860. The molecule has 1 unspecified atom stereocenters. The first-order valence-corrected chi connectivity index (χ1v) is 8.18. The molecule has 128 valence electrons. The molecule has 5 heteroatoms. The number of carbonyl (C=O) groups is 1. The van der Waals surface area contributed by atoms with Gasteiger partial charge >= 0.3 is 0 Å². The van der Waals surface area contributed by atoms with E-state index in [-0.39, 0.29) is 11.8 Å². The van der Waals surface area contributed by atoms with Gasteiger partial charge in [0, 0.05) is 24.6 Å². The number of nitriles is 1. The summed E-state index contributed by atoms with van der Waals surface area (Å²) in [6.07, 6.45) is 0.851. The molecule has 1 saturated heterocycles. The van der Waals surface area contributed by atoms with Crippen molar-refractivity contribution >= 4 is 5.91 Å². The lowest BCUT2D eigenvalue weighted by atomic mass is 9.97. The van der Waals surface area contributed by atoms with E-state index in [9.17, 15) is 10.1 Å². The first kappa shape index (κ1) is 16.8. The summed E-state index contributed by atoms with van der Waals surface area (Å²) < 4.78 is 10.8. The van der Waals surface area contributed by atoms with Gasteiger partial charge in [0.1, 0.15) is 11.5 Å². The van der Waals surface area contributed by atoms with Crippen molar-refractivity contribution < 1.29 is 14.3 Å². The molecule has 0 bridgehead atoms. The predicted octanol–water partition coefficient (Wildman–Crippen LogP) is 3.21. The molecule has 0 aromatic heterocycles. The van der Waals surface area contributed by atoms with Crippen LogP contribution in [0.4, 0.5) is 0 Å². The summed E-state index contributed by atoms with van der Waals surface area (Å²) >= 11 is 0. The number of hydrogen-bond acceptors (Lipinski definition) is 4. The molecule has 1 heterocycles. The van der Waals surface area contributed by atoms with Gasteiger partial charge in [-0.25, -0.2) is 0 Å². The molecule has 0 spiro atoms. The van der Waals surface area contributed by atoms with Crippen molar-refractivity contribution in [1.82, 2.24) is 4.90 Å². The SMILES string of the molecule is COc1ccc(OC)c(C2CCN(C(=O)c3ccccc3C#N)C2)c1. The fraction of sp³-hybridized carbons (Fsp3) is 0.300. The van der Waals surface area contributed by atoms with Crippen LogP contribution in [0, 0.1) is 11.3 Å². The van der Waals surface area contributed by atoms with Gasteiger partial charge in [-0.15, -0.1) is 0 Å². The van der Waals surface area contributed by atoms with E-state index in [0.29, 0.717) is 24.2 Å². The van der Waals surface area contributed by atoms with Crippen LogP contribution in [0.25, 0.3) is 0 Å². The smallest absolute Gasteiger partial charge is 0.255 e. The molecular weight excluding hydrogens is 316 g/mol. The van der Waals surface area contributed by atoms with Gasteiger partial charge in [-0.1, -0.05) is 12.1 Å². The summed E-state index contributed by atoms with van der Waals surface area (Å²) in [4.78, 5) is 14.6. The number of ether oxygens (including phenoxy) is 2. The molecule has 1 aliphatic rings. The maximum atomic E-state index is 12.8. The number of benzene rings is 2. The Morgan fingerprint density at radius 1 is 1.20 bits per heavy atom. The maximum Gasteiger partial charge on any atom is 0.255 e. The Morgan fingerprint density at radius 3 is 2.72 bits per heavy atom. The van der Waals surface area contributed by atoms with E-state index >= 15 is 0 Å². The topological polar surface area (TPSA) is 62.6 Å². The van der Waals surface area contributed by atoms with Gasteiger partial charge in [-0.2, -0.15) is 5.26 Å². The summed E-state index contributed by atoms with van der Waals surface area (Å²) in [5, 5.41) is 9.21. The largest absolute Gasteiger partial charge is 0.497 e. The summed E-state index contributed by atoms with van der Waals surface area (Å²) in [5.74, 6) is 1.66. The van der Waals surface area contributed by atoms with Crippen molar-refractivity contribution in [3.63, 3.8) is 0 Å². The number of methoxy groups -OCH3 is 2. The van der Waals surface area contributed by atoms with Crippen LogP contribution in [0.2, 0.25) is 0 Å². The van der Waals surface area contributed by atoms with Crippen molar-refractivity contribution in [3.05, 3.63) is 59.2 Å². The molecule has 0 radical (unpaired) electrons. The normalized spacial score (nSPS) is 16.4. The standard InChI is InChI=1S/C20H20N2O3/c1-24-16-7-8-19(25-2)18(11-16)15-9-10-22(13-15)20(23)17-6-4-3-5-14(17)12-21/h3-8,11,15H,9-10,13H2,1-2H3. The highest BCUT2D eigenvalue weighted by Crippen LogP contribution is 2.36. The predicted molar refractivity (Wildman–Crippen MR) is 94.0 cm³/mol. The molecule has 5 nitrogen and oxygen atoms in total. The van der Waals surface area contributed by atoms with Crippen LogP contribution in [-0.2, 0) is 0 Å². The number of carbonyl (C=O) groups excluding carboxylic acids is 1. The highest BCUT2D eigenvalue weighted by Gasteiger charge is 2.30. The monoisotopic (exact) mass is 336 g/mol. The Hall–Kier alpha value is -3.00. The molecule has 1 atom stereocenters. The third-order valence-corrected chi connectivity index (χ3v) is 4.63. The number of likely N-dealkylation sites (tertiary alicyclic amines) is 1. The van der Waals surface area contributed by atoms with Crippen molar-refractivity contribution in [1.29, 1.82) is 5.26 Å². The zero-order valence-corrected chi connectivity index (χ0v) is 14.4. The van der Waals surface area contributed by atoms with Gasteiger partial charge in [0.05, 0.1) is 31.4 Å². The summed E-state index contributed by atoms with van der Waals surface area (Å²) in [5.41, 5.74) is 1.92. The van der Waals surface area contributed by atoms with E-state index in [0.717, 1.165) is 23.5 Å². The average molecular weight is 336 g/mol. The Morgan fingerprint density at radius 2 is 2.00 bits per heavy atom. The first-order chi connectivity index (χ1) is 12.2. The number of amides is 1. The third-order valence-electron chi connectivity index (χ3n) is 4.63. The third kappa shape index (κ3) is 3.29. The Labute approximate surface area is 147 Å². The number of hydrogen-bond donors (Lipinski definition) is 0. The zero-order chi connectivity index (χ0) is 17.8. The van der Waals surface area contributed by atoms with E-state index in [1.807, 2.05) is 18.2 Å². The van der Waals surface area contributed by atoms with E-state index in [1.165, 1.54) is 0 Å². The molecule has 3 rings (SSSR count). The average Bonchev–Trinajstić information content (AvgIpc) is 3.16. The van der Waals surface area contributed by atoms with Crippen molar-refractivity contribution in [2.75, 3.05) is 27.3 Å². The molecule has 0 aliphatic carbocycles. The highest BCUT2D eigenvalue weighted by atomic mass is 16.5. The Kier molecular flexibility index (Phi) is 4.90. The van der Waals surface area contributed by atoms with E-state index in [4.69, 9.17) is 9.47 Å². The van der Waals surface area contributed by atoms with Crippen molar-refractivity contribution in [3.8, 4) is 17.6 Å². The first-order valence-electron chi connectivity index (χ1n) is 8.18. The van der Waals surface area contributed by atoms with Crippen LogP contribution in [0.5, 0.6) is 11.5 Å². The molecule has 1 amide bonds. The second kappa shape index (κ2) is 7.27. The fourth-order valence-corrected chi connectivity index (χ4v) is 3.29. The second-order valence-corrected chi connectivity index (χ2v) is 6.00. The van der Waals surface area contributed by atoms with Crippen LogP contribution in [0.1, 0.15) is 33.8 Å². The molecule has 0 saturated carbocycles.